The number of carbonyl (C=O) groups excluding carboxylic acids is 1. The maximum atomic E-state index is 12.2. The van der Waals surface area contributed by atoms with Gasteiger partial charge in [-0.25, -0.2) is 0 Å². The van der Waals surface area contributed by atoms with Crippen LogP contribution in [0.3, 0.4) is 0 Å². The molecule has 9 heteroatoms. The number of hydrogen-bond acceptors (Lipinski definition) is 7. The first-order valence-corrected chi connectivity index (χ1v) is 16.0. The van der Waals surface area contributed by atoms with Gasteiger partial charge in [0.25, 0.3) is 0 Å². The van der Waals surface area contributed by atoms with E-state index in [1.165, 1.54) is 0 Å². The van der Waals surface area contributed by atoms with Crippen molar-refractivity contribution in [3.63, 3.8) is 0 Å². The summed E-state index contributed by atoms with van der Waals surface area (Å²) in [5.41, 5.74) is 5.90. The summed E-state index contributed by atoms with van der Waals surface area (Å²) >= 11 is 1.66. The highest BCUT2D eigenvalue weighted by atomic mass is 32.2. The summed E-state index contributed by atoms with van der Waals surface area (Å²) in [5, 5.41) is 30.3. The van der Waals surface area contributed by atoms with E-state index in [2.05, 4.69) is 11.4 Å². The molecule has 1 aliphatic heterocycles. The first-order valence-electron chi connectivity index (χ1n) is 14.8. The maximum absolute atomic E-state index is 12.2. The second kappa shape index (κ2) is 17.2. The van der Waals surface area contributed by atoms with E-state index in [-0.39, 0.29) is 37.7 Å². The first kappa shape index (κ1) is 32.7. The van der Waals surface area contributed by atoms with Crippen LogP contribution < -0.4 is 5.32 Å². The lowest BCUT2D eigenvalue weighted by Gasteiger charge is -2.36. The normalized spacial score (nSPS) is 18.3. The number of carbonyl (C=O) groups is 2. The highest BCUT2D eigenvalue weighted by Crippen LogP contribution is 2.39. The van der Waals surface area contributed by atoms with Gasteiger partial charge < -0.3 is 30.1 Å². The molecule has 4 N–H and O–H groups in total. The van der Waals surface area contributed by atoms with Crippen molar-refractivity contribution < 1.29 is 34.4 Å². The second-order valence-electron chi connectivity index (χ2n) is 10.7. The molecule has 1 fully saturated rings. The molecule has 3 aromatic rings. The summed E-state index contributed by atoms with van der Waals surface area (Å²) in [6, 6.07) is 24.0. The smallest absolute Gasteiger partial charge is 0.303 e. The molecule has 0 spiro atoms. The van der Waals surface area contributed by atoms with Crippen LogP contribution in [0.25, 0.3) is 11.1 Å². The molecule has 0 aromatic heterocycles. The van der Waals surface area contributed by atoms with E-state index in [1.807, 2.05) is 66.7 Å². The lowest BCUT2D eigenvalue weighted by atomic mass is 9.99. The number of unbranched alkanes of at least 4 members (excludes halogenated alkanes) is 2. The molecule has 3 atom stereocenters. The number of aliphatic carboxylic acids is 1. The van der Waals surface area contributed by atoms with Crippen molar-refractivity contribution in [2.45, 2.75) is 70.2 Å². The highest BCUT2D eigenvalue weighted by molar-refractivity contribution is 7.99. The van der Waals surface area contributed by atoms with Crippen molar-refractivity contribution in [2.24, 2.45) is 0 Å². The van der Waals surface area contributed by atoms with E-state index >= 15 is 0 Å². The zero-order valence-electron chi connectivity index (χ0n) is 24.3. The number of nitrogens with one attached hydrogen (secondary N) is 1. The average Bonchev–Trinajstić information content (AvgIpc) is 3.04. The van der Waals surface area contributed by atoms with Gasteiger partial charge in [0, 0.05) is 42.9 Å². The van der Waals surface area contributed by atoms with Gasteiger partial charge in [0.2, 0.25) is 5.91 Å². The fourth-order valence-corrected chi connectivity index (χ4v) is 5.80. The summed E-state index contributed by atoms with van der Waals surface area (Å²) in [6.07, 6.45) is 2.52. The Bertz CT molecular complexity index is 1300. The number of ether oxygens (including phenoxy) is 2. The average molecular weight is 608 g/mol. The van der Waals surface area contributed by atoms with Crippen LogP contribution >= 0.6 is 11.8 Å². The molecule has 1 amide bonds. The van der Waals surface area contributed by atoms with Gasteiger partial charge in [-0.1, -0.05) is 73.2 Å². The van der Waals surface area contributed by atoms with E-state index in [1.54, 1.807) is 11.8 Å². The molecule has 1 saturated heterocycles. The molecule has 1 aliphatic rings. The number of aliphatic hydroxyl groups excluding tert-OH is 2. The number of amides is 1. The fourth-order valence-electron chi connectivity index (χ4n) is 5.02. The number of carboxylic acid groups (broad SMARTS) is 1. The number of hydrogen-bond donors (Lipinski definition) is 4. The van der Waals surface area contributed by atoms with Gasteiger partial charge in [-0.05, 0) is 46.7 Å². The molecule has 0 bridgehead atoms. The van der Waals surface area contributed by atoms with Crippen molar-refractivity contribution in [3.05, 3.63) is 95.1 Å². The lowest BCUT2D eigenvalue weighted by Crippen LogP contribution is -2.31. The minimum Gasteiger partial charge on any atom is -0.481 e. The van der Waals surface area contributed by atoms with Gasteiger partial charge in [0.1, 0.15) is 0 Å². The summed E-state index contributed by atoms with van der Waals surface area (Å²) < 4.78 is 12.8. The third-order valence-electron chi connectivity index (χ3n) is 7.38. The number of benzene rings is 3. The number of aliphatic hydroxyl groups is 2. The van der Waals surface area contributed by atoms with Gasteiger partial charge in [-0.15, -0.1) is 0 Å². The molecule has 0 radical (unpaired) electrons. The molecule has 230 valence electrons. The summed E-state index contributed by atoms with van der Waals surface area (Å²) in [5.74, 6) is 0.585. The van der Waals surface area contributed by atoms with Gasteiger partial charge in [0.05, 0.1) is 25.4 Å². The highest BCUT2D eigenvalue weighted by Gasteiger charge is 2.32. The standard InChI is InChI=1S/C34H41NO7S/c36-17-18-43-23-30-20-31(27-11-9-24(22-37)10-12-27)42-34(41-30)28-15-13-26(14-16-28)29-6-4-5-25(19-29)21-35-32(38)7-2-1-3-8-33(39)40/h4-6,9-16,19,30-31,34,36-37H,1-3,7-8,17-18,20-23H2,(H,35,38)(H,39,40)/t30-,31+,34+/m0/s1. The number of rotatable bonds is 16. The predicted octanol–water partition coefficient (Wildman–Crippen LogP) is 5.77. The Balaban J connectivity index is 1.37. The van der Waals surface area contributed by atoms with E-state index < -0.39 is 12.3 Å². The Hall–Kier alpha value is -3.21. The molecule has 43 heavy (non-hydrogen) atoms. The third kappa shape index (κ3) is 10.5. The summed E-state index contributed by atoms with van der Waals surface area (Å²) in [6.45, 7) is 0.564. The maximum Gasteiger partial charge on any atom is 0.303 e. The third-order valence-corrected chi connectivity index (χ3v) is 8.46. The zero-order chi connectivity index (χ0) is 30.4. The minimum atomic E-state index is -0.803. The number of carboxylic acids is 1. The van der Waals surface area contributed by atoms with Crippen molar-refractivity contribution in [1.82, 2.24) is 5.32 Å². The molecule has 0 unspecified atom stereocenters. The van der Waals surface area contributed by atoms with Crippen molar-refractivity contribution in [3.8, 4) is 11.1 Å². The molecular formula is C34H41NO7S. The van der Waals surface area contributed by atoms with Crippen molar-refractivity contribution in [2.75, 3.05) is 18.1 Å². The van der Waals surface area contributed by atoms with E-state index in [4.69, 9.17) is 14.6 Å². The Kier molecular flexibility index (Phi) is 13.1. The Labute approximate surface area is 257 Å². The van der Waals surface area contributed by atoms with Crippen LogP contribution in [0.2, 0.25) is 0 Å². The largest absolute Gasteiger partial charge is 0.481 e. The van der Waals surface area contributed by atoms with Gasteiger partial charge in [-0.2, -0.15) is 11.8 Å². The fraction of sp³-hybridized carbons (Fsp3) is 0.412. The molecule has 0 aliphatic carbocycles. The van der Waals surface area contributed by atoms with Gasteiger partial charge >= 0.3 is 5.97 Å². The molecule has 1 heterocycles. The van der Waals surface area contributed by atoms with Crippen LogP contribution in [0.1, 0.15) is 73.2 Å². The topological polar surface area (TPSA) is 125 Å². The lowest BCUT2D eigenvalue weighted by molar-refractivity contribution is -0.245. The van der Waals surface area contributed by atoms with E-state index in [0.29, 0.717) is 38.0 Å². The van der Waals surface area contributed by atoms with Crippen LogP contribution in [0, 0.1) is 0 Å². The Morgan fingerprint density at radius 2 is 1.58 bits per heavy atom. The van der Waals surface area contributed by atoms with Gasteiger partial charge in [0.15, 0.2) is 6.29 Å². The molecule has 4 rings (SSSR count). The van der Waals surface area contributed by atoms with Crippen LogP contribution in [-0.4, -0.2) is 51.4 Å². The zero-order valence-corrected chi connectivity index (χ0v) is 25.1. The first-order chi connectivity index (χ1) is 20.9. The van der Waals surface area contributed by atoms with E-state index in [9.17, 15) is 19.8 Å². The quantitative estimate of drug-likeness (QED) is 0.151. The van der Waals surface area contributed by atoms with Crippen LogP contribution in [0.5, 0.6) is 0 Å². The molecular weight excluding hydrogens is 566 g/mol. The second-order valence-corrected chi connectivity index (χ2v) is 11.9. The summed E-state index contributed by atoms with van der Waals surface area (Å²) in [7, 11) is 0. The Morgan fingerprint density at radius 1 is 0.837 bits per heavy atom. The van der Waals surface area contributed by atoms with Crippen LogP contribution in [0.15, 0.2) is 72.8 Å². The van der Waals surface area contributed by atoms with Crippen LogP contribution in [-0.2, 0) is 32.2 Å². The van der Waals surface area contributed by atoms with Crippen molar-refractivity contribution in [1.29, 1.82) is 0 Å². The SMILES string of the molecule is O=C(O)CCCCCC(=O)NCc1cccc(-c2ccc([C@@H]3O[C@H](CSCCO)C[C@H](c4ccc(CO)cc4)O3)cc2)c1. The molecule has 8 nitrogen and oxygen atoms in total. The molecule has 0 saturated carbocycles. The Morgan fingerprint density at radius 3 is 2.30 bits per heavy atom. The van der Waals surface area contributed by atoms with E-state index in [0.717, 1.165) is 45.6 Å². The molecule has 3 aromatic carbocycles. The number of thioether (sulfide) groups is 1. The predicted molar refractivity (Wildman–Crippen MR) is 167 cm³/mol. The minimum absolute atomic E-state index is 0.000558. The van der Waals surface area contributed by atoms with Gasteiger partial charge in [-0.3, -0.25) is 9.59 Å². The van der Waals surface area contributed by atoms with Crippen molar-refractivity contribution >= 4 is 23.6 Å². The van der Waals surface area contributed by atoms with Crippen LogP contribution in [0.4, 0.5) is 0 Å². The summed E-state index contributed by atoms with van der Waals surface area (Å²) in [4.78, 5) is 22.8. The monoisotopic (exact) mass is 607 g/mol.